The first-order chi connectivity index (χ1) is 13.1. The molecule has 4 N–H and O–H groups in total. The number of thioether (sulfide) groups is 1. The third-order valence-corrected chi connectivity index (χ3v) is 7.39. The zero-order chi connectivity index (χ0) is 20.9. The molecule has 1 aliphatic rings. The van der Waals surface area contributed by atoms with Crippen molar-refractivity contribution in [2.75, 3.05) is 18.9 Å². The van der Waals surface area contributed by atoms with Crippen molar-refractivity contribution in [3.63, 3.8) is 0 Å². The summed E-state index contributed by atoms with van der Waals surface area (Å²) >= 11 is 1.48. The van der Waals surface area contributed by atoms with E-state index in [9.17, 15) is 13.2 Å². The maximum Gasteiger partial charge on any atom is 0.263 e. The van der Waals surface area contributed by atoms with Gasteiger partial charge < -0.3 is 10.5 Å². The highest BCUT2D eigenvalue weighted by molar-refractivity contribution is 8.00. The summed E-state index contributed by atoms with van der Waals surface area (Å²) in [6.07, 6.45) is 0. The van der Waals surface area contributed by atoms with Crippen molar-refractivity contribution in [1.29, 1.82) is 0 Å². The van der Waals surface area contributed by atoms with Crippen LogP contribution in [-0.4, -0.2) is 59.6 Å². The molecule has 154 valence electrons. The monoisotopic (exact) mass is 427 g/mol. The standard InChI is InChI=1S/C18H25N3O5S2/c1-13(19)5-4-11-26-14-6-8-15(9-7-14)28(24,25)21-10-12-27-18(2,3)16(21)17(22)20-23/h6-9,13,16,23H,10-12,19H2,1-3H3,(H,20,22). The van der Waals surface area contributed by atoms with E-state index in [0.717, 1.165) is 4.31 Å². The number of ether oxygens (including phenoxy) is 1. The van der Waals surface area contributed by atoms with Gasteiger partial charge in [0.05, 0.1) is 10.9 Å². The second kappa shape index (κ2) is 9.15. The summed E-state index contributed by atoms with van der Waals surface area (Å²) in [4.78, 5) is 12.2. The van der Waals surface area contributed by atoms with Crippen molar-refractivity contribution >= 4 is 27.7 Å². The summed E-state index contributed by atoms with van der Waals surface area (Å²) in [5.41, 5.74) is 7.12. The number of benzene rings is 1. The SMILES string of the molecule is CC(N)C#CCOc1ccc(S(=O)(=O)N2CCSC(C)(C)C2C(=O)NO)cc1. The van der Waals surface area contributed by atoms with E-state index in [0.29, 0.717) is 11.5 Å². The zero-order valence-corrected chi connectivity index (χ0v) is 17.6. The molecule has 1 heterocycles. The number of hydrogen-bond acceptors (Lipinski definition) is 7. The van der Waals surface area contributed by atoms with Gasteiger partial charge in [-0.25, -0.2) is 13.9 Å². The minimum absolute atomic E-state index is 0.0416. The number of hydrogen-bond donors (Lipinski definition) is 3. The lowest BCUT2D eigenvalue weighted by molar-refractivity contribution is -0.134. The Kier molecular flexibility index (Phi) is 7.36. The molecule has 28 heavy (non-hydrogen) atoms. The summed E-state index contributed by atoms with van der Waals surface area (Å²) in [6.45, 7) is 5.62. The minimum Gasteiger partial charge on any atom is -0.481 e. The highest BCUT2D eigenvalue weighted by atomic mass is 32.2. The average molecular weight is 428 g/mol. The molecule has 0 bridgehead atoms. The topological polar surface area (TPSA) is 122 Å². The molecule has 0 aromatic heterocycles. The Morgan fingerprint density at radius 2 is 2.11 bits per heavy atom. The molecule has 0 spiro atoms. The van der Waals surface area contributed by atoms with Crippen LogP contribution < -0.4 is 16.0 Å². The molecular weight excluding hydrogens is 402 g/mol. The van der Waals surface area contributed by atoms with Crippen molar-refractivity contribution < 1.29 is 23.2 Å². The van der Waals surface area contributed by atoms with Crippen molar-refractivity contribution in [3.8, 4) is 17.6 Å². The number of carbonyl (C=O) groups excluding carboxylic acids is 1. The molecule has 1 aromatic rings. The van der Waals surface area contributed by atoms with Crippen LogP contribution in [0.15, 0.2) is 29.2 Å². The molecule has 0 radical (unpaired) electrons. The fourth-order valence-electron chi connectivity index (χ4n) is 2.89. The molecule has 10 heteroatoms. The number of sulfonamides is 1. The highest BCUT2D eigenvalue weighted by Gasteiger charge is 2.48. The van der Waals surface area contributed by atoms with Gasteiger partial charge in [0.25, 0.3) is 5.91 Å². The fraction of sp³-hybridized carbons (Fsp3) is 0.500. The van der Waals surface area contributed by atoms with Gasteiger partial charge in [0.15, 0.2) is 0 Å². The molecule has 1 saturated heterocycles. The third kappa shape index (κ3) is 5.18. The molecule has 1 aliphatic heterocycles. The molecule has 1 fully saturated rings. The van der Waals surface area contributed by atoms with E-state index in [2.05, 4.69) is 11.8 Å². The van der Waals surface area contributed by atoms with Crippen LogP contribution in [0.5, 0.6) is 5.75 Å². The van der Waals surface area contributed by atoms with E-state index >= 15 is 0 Å². The van der Waals surface area contributed by atoms with Gasteiger partial charge in [0.2, 0.25) is 10.0 Å². The van der Waals surface area contributed by atoms with Crippen molar-refractivity contribution in [1.82, 2.24) is 9.79 Å². The molecule has 2 atom stereocenters. The van der Waals surface area contributed by atoms with Gasteiger partial charge in [-0.05, 0) is 45.0 Å². The van der Waals surface area contributed by atoms with Crippen molar-refractivity contribution in [2.24, 2.45) is 5.73 Å². The first-order valence-corrected chi connectivity index (χ1v) is 11.1. The van der Waals surface area contributed by atoms with E-state index < -0.39 is 26.7 Å². The van der Waals surface area contributed by atoms with Gasteiger partial charge >= 0.3 is 0 Å². The summed E-state index contributed by atoms with van der Waals surface area (Å²) < 4.78 is 32.1. The van der Waals surface area contributed by atoms with E-state index in [1.165, 1.54) is 36.0 Å². The number of nitrogens with two attached hydrogens (primary N) is 1. The fourth-order valence-corrected chi connectivity index (χ4v) is 5.99. The molecule has 1 amide bonds. The maximum absolute atomic E-state index is 13.1. The number of nitrogens with zero attached hydrogens (tertiary/aromatic N) is 1. The summed E-state index contributed by atoms with van der Waals surface area (Å²) in [7, 11) is -3.94. The summed E-state index contributed by atoms with van der Waals surface area (Å²) in [5.74, 6) is 5.79. The van der Waals surface area contributed by atoms with Crippen LogP contribution in [-0.2, 0) is 14.8 Å². The molecule has 1 aromatic carbocycles. The Hall–Kier alpha value is -1.77. The lowest BCUT2D eigenvalue weighted by atomic mass is 10.0. The largest absolute Gasteiger partial charge is 0.481 e. The van der Waals surface area contributed by atoms with Crippen LogP contribution in [0.3, 0.4) is 0 Å². The number of rotatable bonds is 5. The quantitative estimate of drug-likeness (QED) is 0.361. The van der Waals surface area contributed by atoms with Gasteiger partial charge in [0.1, 0.15) is 18.4 Å². The molecule has 2 unspecified atom stereocenters. The second-order valence-electron chi connectivity index (χ2n) is 6.82. The second-order valence-corrected chi connectivity index (χ2v) is 10.5. The molecule has 2 rings (SSSR count). The predicted molar refractivity (Wildman–Crippen MR) is 108 cm³/mol. The first-order valence-electron chi connectivity index (χ1n) is 8.66. The highest BCUT2D eigenvalue weighted by Crippen LogP contribution is 2.38. The minimum atomic E-state index is -3.94. The Morgan fingerprint density at radius 3 is 2.68 bits per heavy atom. The average Bonchev–Trinajstić information content (AvgIpc) is 2.64. The lowest BCUT2D eigenvalue weighted by Gasteiger charge is -2.43. The zero-order valence-electron chi connectivity index (χ0n) is 16.0. The summed E-state index contributed by atoms with van der Waals surface area (Å²) in [6, 6.07) is 4.63. The van der Waals surface area contributed by atoms with E-state index in [1.54, 1.807) is 26.3 Å². The molecule has 0 aliphatic carbocycles. The van der Waals surface area contributed by atoms with Gasteiger partial charge in [-0.15, -0.1) is 0 Å². The molecule has 8 nitrogen and oxygen atoms in total. The van der Waals surface area contributed by atoms with Gasteiger partial charge in [-0.1, -0.05) is 11.8 Å². The molecular formula is C18H25N3O5S2. The van der Waals surface area contributed by atoms with E-state index in [1.807, 2.05) is 0 Å². The van der Waals surface area contributed by atoms with Crippen LogP contribution >= 0.6 is 11.8 Å². The van der Waals surface area contributed by atoms with Crippen molar-refractivity contribution in [2.45, 2.75) is 42.5 Å². The van der Waals surface area contributed by atoms with Crippen LogP contribution in [0.4, 0.5) is 0 Å². The predicted octanol–water partition coefficient (Wildman–Crippen LogP) is 0.806. The maximum atomic E-state index is 13.1. The number of carbonyl (C=O) groups is 1. The van der Waals surface area contributed by atoms with Crippen LogP contribution in [0.2, 0.25) is 0 Å². The van der Waals surface area contributed by atoms with Gasteiger partial charge in [-0.2, -0.15) is 16.1 Å². The van der Waals surface area contributed by atoms with Crippen LogP contribution in [0, 0.1) is 11.8 Å². The Morgan fingerprint density at radius 1 is 1.46 bits per heavy atom. The van der Waals surface area contributed by atoms with Gasteiger partial charge in [0, 0.05) is 17.0 Å². The third-order valence-electron chi connectivity index (χ3n) is 4.16. The smallest absolute Gasteiger partial charge is 0.263 e. The van der Waals surface area contributed by atoms with E-state index in [4.69, 9.17) is 15.7 Å². The van der Waals surface area contributed by atoms with Crippen LogP contribution in [0.25, 0.3) is 0 Å². The Bertz CT molecular complexity index is 857. The Balaban J connectivity index is 2.23. The van der Waals surface area contributed by atoms with E-state index in [-0.39, 0.29) is 24.1 Å². The number of nitrogens with one attached hydrogen (secondary N) is 1. The lowest BCUT2D eigenvalue weighted by Crippen LogP contribution is -2.61. The van der Waals surface area contributed by atoms with Crippen LogP contribution in [0.1, 0.15) is 20.8 Å². The Labute approximate surface area is 169 Å². The van der Waals surface area contributed by atoms with Gasteiger partial charge in [-0.3, -0.25) is 10.0 Å². The normalized spacial score (nSPS) is 20.5. The first kappa shape index (κ1) is 22.5. The summed E-state index contributed by atoms with van der Waals surface area (Å²) in [5, 5.41) is 9.08. The number of hydroxylamine groups is 1. The number of amides is 1. The molecule has 0 saturated carbocycles. The van der Waals surface area contributed by atoms with Crippen molar-refractivity contribution in [3.05, 3.63) is 24.3 Å².